The summed E-state index contributed by atoms with van der Waals surface area (Å²) in [6.45, 7) is 2.10. The first-order valence-corrected chi connectivity index (χ1v) is 10.5. The van der Waals surface area contributed by atoms with Crippen LogP contribution in [0, 0.1) is 0 Å². The number of amides is 1. The van der Waals surface area contributed by atoms with Gasteiger partial charge in [0.1, 0.15) is 11.9 Å². The van der Waals surface area contributed by atoms with Crippen LogP contribution in [0.1, 0.15) is 50.0 Å². The molecule has 6 heteroatoms. The van der Waals surface area contributed by atoms with Crippen LogP contribution in [-0.4, -0.2) is 21.5 Å². The molecule has 1 aliphatic carbocycles. The summed E-state index contributed by atoms with van der Waals surface area (Å²) < 4.78 is 2.08. The van der Waals surface area contributed by atoms with Gasteiger partial charge in [0.05, 0.1) is 11.0 Å². The lowest BCUT2D eigenvalue weighted by molar-refractivity contribution is -0.124. The number of rotatable bonds is 7. The molecule has 2 aromatic carbocycles. The molecule has 4 nitrogen and oxygen atoms in total. The number of carbonyl (C=O) groups excluding carboxylic acids is 1. The second-order valence-corrected chi connectivity index (χ2v) is 8.17. The number of hydrogen-bond donors (Lipinski definition) is 1. The lowest BCUT2D eigenvalue weighted by atomic mass is 10.1. The minimum atomic E-state index is -0.297. The van der Waals surface area contributed by atoms with Crippen molar-refractivity contribution in [2.45, 2.75) is 51.1 Å². The van der Waals surface area contributed by atoms with Crippen LogP contribution in [0.25, 0.3) is 11.0 Å². The van der Waals surface area contributed by atoms with Gasteiger partial charge in [0.15, 0.2) is 0 Å². The van der Waals surface area contributed by atoms with Gasteiger partial charge in [0.2, 0.25) is 5.91 Å². The first-order chi connectivity index (χ1) is 13.6. The molecule has 1 fully saturated rings. The molecule has 1 amide bonds. The lowest BCUT2D eigenvalue weighted by Gasteiger charge is -2.21. The van der Waals surface area contributed by atoms with Crippen molar-refractivity contribution >= 4 is 40.1 Å². The van der Waals surface area contributed by atoms with Gasteiger partial charge < -0.3 is 9.88 Å². The molecule has 28 heavy (non-hydrogen) atoms. The number of carbonyl (C=O) groups is 1. The molecule has 1 aromatic heterocycles. The number of nitrogens with one attached hydrogen (secondary N) is 1. The topological polar surface area (TPSA) is 46.9 Å². The molecule has 0 saturated heterocycles. The van der Waals surface area contributed by atoms with E-state index < -0.39 is 0 Å². The largest absolute Gasteiger partial charge is 0.352 e. The van der Waals surface area contributed by atoms with Gasteiger partial charge in [-0.25, -0.2) is 4.98 Å². The molecule has 0 bridgehead atoms. The van der Waals surface area contributed by atoms with E-state index >= 15 is 0 Å². The maximum Gasteiger partial charge on any atom is 0.243 e. The number of imidazole rings is 1. The van der Waals surface area contributed by atoms with E-state index in [1.807, 2.05) is 42.5 Å². The molecule has 0 unspecified atom stereocenters. The summed E-state index contributed by atoms with van der Waals surface area (Å²) in [5.41, 5.74) is 2.67. The fraction of sp³-hybridized carbons (Fsp3) is 0.364. The third kappa shape index (κ3) is 3.89. The molecule has 0 aliphatic heterocycles. The Morgan fingerprint density at radius 3 is 2.57 bits per heavy atom. The van der Waals surface area contributed by atoms with Crippen LogP contribution in [0.3, 0.4) is 0 Å². The van der Waals surface area contributed by atoms with Crippen molar-refractivity contribution < 1.29 is 4.79 Å². The van der Waals surface area contributed by atoms with Crippen LogP contribution in [-0.2, 0) is 11.2 Å². The Balaban J connectivity index is 1.80. The van der Waals surface area contributed by atoms with E-state index in [0.29, 0.717) is 22.5 Å². The number of nitrogens with zero attached hydrogens (tertiary/aromatic N) is 2. The highest BCUT2D eigenvalue weighted by Gasteiger charge is 2.30. The average Bonchev–Trinajstić information content (AvgIpc) is 3.41. The van der Waals surface area contributed by atoms with Gasteiger partial charge in [-0.3, -0.25) is 4.79 Å². The third-order valence-electron chi connectivity index (χ3n) is 5.17. The molecular formula is C22H23Cl2N3O. The highest BCUT2D eigenvalue weighted by Crippen LogP contribution is 2.31. The van der Waals surface area contributed by atoms with E-state index in [4.69, 9.17) is 28.2 Å². The molecule has 1 N–H and O–H groups in total. The molecule has 1 heterocycles. The van der Waals surface area contributed by atoms with E-state index in [1.165, 1.54) is 0 Å². The lowest BCUT2D eigenvalue weighted by Crippen LogP contribution is -2.34. The Morgan fingerprint density at radius 2 is 1.89 bits per heavy atom. The van der Waals surface area contributed by atoms with Gasteiger partial charge in [0.25, 0.3) is 0 Å². The number of fused-ring (bicyclic) bond motifs is 1. The quantitative estimate of drug-likeness (QED) is 0.549. The summed E-state index contributed by atoms with van der Waals surface area (Å²) in [5, 5.41) is 4.39. The van der Waals surface area contributed by atoms with Crippen molar-refractivity contribution in [2.75, 3.05) is 0 Å². The maximum atomic E-state index is 13.1. The molecule has 1 saturated carbocycles. The number of hydrogen-bond acceptors (Lipinski definition) is 2. The van der Waals surface area contributed by atoms with E-state index in [9.17, 15) is 4.79 Å². The minimum absolute atomic E-state index is 0.0685. The first-order valence-electron chi connectivity index (χ1n) is 9.77. The highest BCUT2D eigenvalue weighted by atomic mass is 35.5. The summed E-state index contributed by atoms with van der Waals surface area (Å²) in [5.74, 6) is 0.875. The van der Waals surface area contributed by atoms with Crippen molar-refractivity contribution in [1.29, 1.82) is 0 Å². The molecule has 1 aliphatic rings. The molecule has 4 rings (SSSR count). The highest BCUT2D eigenvalue weighted by molar-refractivity contribution is 6.36. The van der Waals surface area contributed by atoms with Gasteiger partial charge in [0, 0.05) is 22.5 Å². The van der Waals surface area contributed by atoms with E-state index in [1.54, 1.807) is 0 Å². The molecule has 146 valence electrons. The molecule has 1 atom stereocenters. The van der Waals surface area contributed by atoms with Crippen LogP contribution < -0.4 is 5.32 Å². The zero-order chi connectivity index (χ0) is 19.7. The normalized spacial score (nSPS) is 15.0. The van der Waals surface area contributed by atoms with E-state index in [0.717, 1.165) is 48.1 Å². The third-order valence-corrected chi connectivity index (χ3v) is 5.87. The Morgan fingerprint density at radius 1 is 1.18 bits per heavy atom. The fourth-order valence-electron chi connectivity index (χ4n) is 3.60. The Hall–Kier alpha value is -2.04. The van der Waals surface area contributed by atoms with Crippen molar-refractivity contribution in [2.24, 2.45) is 0 Å². The Labute approximate surface area is 174 Å². The minimum Gasteiger partial charge on any atom is -0.352 e. The number of para-hydroxylation sites is 2. The Kier molecular flexibility index (Phi) is 5.61. The second-order valence-electron chi connectivity index (χ2n) is 7.35. The molecule has 0 spiro atoms. The SMILES string of the molecule is CCC[C@H](C(=O)NC1CC1)n1c(Cc2c(Cl)cccc2Cl)nc2ccccc21. The van der Waals surface area contributed by atoms with Crippen molar-refractivity contribution in [3.8, 4) is 0 Å². The van der Waals surface area contributed by atoms with E-state index in [2.05, 4.69) is 16.8 Å². The summed E-state index contributed by atoms with van der Waals surface area (Å²) in [6, 6.07) is 13.5. The number of halogens is 2. The van der Waals surface area contributed by atoms with Crippen molar-refractivity contribution in [1.82, 2.24) is 14.9 Å². The summed E-state index contributed by atoms with van der Waals surface area (Å²) in [6.07, 6.45) is 4.27. The van der Waals surface area contributed by atoms with Crippen molar-refractivity contribution in [3.05, 3.63) is 63.9 Å². The van der Waals surface area contributed by atoms with Crippen LogP contribution in [0.15, 0.2) is 42.5 Å². The second kappa shape index (κ2) is 8.14. The maximum absolute atomic E-state index is 13.1. The van der Waals surface area contributed by atoms with Crippen LogP contribution >= 0.6 is 23.2 Å². The monoisotopic (exact) mass is 415 g/mol. The predicted molar refractivity (Wildman–Crippen MR) is 114 cm³/mol. The number of benzene rings is 2. The summed E-state index contributed by atoms with van der Waals surface area (Å²) in [7, 11) is 0. The van der Waals surface area contributed by atoms with Crippen LogP contribution in [0.4, 0.5) is 0 Å². The van der Waals surface area contributed by atoms with E-state index in [-0.39, 0.29) is 11.9 Å². The van der Waals surface area contributed by atoms with Crippen molar-refractivity contribution in [3.63, 3.8) is 0 Å². The summed E-state index contributed by atoms with van der Waals surface area (Å²) >= 11 is 12.8. The Bertz CT molecular complexity index is 990. The molecule has 0 radical (unpaired) electrons. The number of aromatic nitrogens is 2. The zero-order valence-corrected chi connectivity index (χ0v) is 17.3. The van der Waals surface area contributed by atoms with Crippen LogP contribution in [0.2, 0.25) is 10.0 Å². The predicted octanol–water partition coefficient (Wildman–Crippen LogP) is 5.55. The standard InChI is InChI=1S/C22H23Cl2N3O/c1-2-6-20(22(28)25-14-11-12-14)27-19-10-4-3-9-18(19)26-21(27)13-15-16(23)7-5-8-17(15)24/h3-5,7-10,14,20H,2,6,11-13H2,1H3,(H,25,28)/t20-/m1/s1. The van der Waals surface area contributed by atoms with Gasteiger partial charge in [-0.2, -0.15) is 0 Å². The van der Waals surface area contributed by atoms with Gasteiger partial charge >= 0.3 is 0 Å². The fourth-order valence-corrected chi connectivity index (χ4v) is 4.13. The molecular weight excluding hydrogens is 393 g/mol. The van der Waals surface area contributed by atoms with Gasteiger partial charge in [-0.1, -0.05) is 54.7 Å². The first kappa shape index (κ1) is 19.3. The average molecular weight is 416 g/mol. The van der Waals surface area contributed by atoms with Crippen LogP contribution in [0.5, 0.6) is 0 Å². The summed E-state index contributed by atoms with van der Waals surface area (Å²) in [4.78, 5) is 17.9. The molecule has 3 aromatic rings. The smallest absolute Gasteiger partial charge is 0.243 e. The zero-order valence-electron chi connectivity index (χ0n) is 15.8. The van der Waals surface area contributed by atoms with Gasteiger partial charge in [-0.05, 0) is 49.1 Å². The van der Waals surface area contributed by atoms with Gasteiger partial charge in [-0.15, -0.1) is 0 Å².